The zero-order valence-corrected chi connectivity index (χ0v) is 15.1. The lowest BCUT2D eigenvalue weighted by Crippen LogP contribution is -2.34. The third-order valence-corrected chi connectivity index (χ3v) is 5.53. The second kappa shape index (κ2) is 6.67. The van der Waals surface area contributed by atoms with Crippen molar-refractivity contribution in [1.29, 1.82) is 0 Å². The van der Waals surface area contributed by atoms with Gasteiger partial charge in [-0.3, -0.25) is 9.69 Å². The maximum absolute atomic E-state index is 12.7. The van der Waals surface area contributed by atoms with E-state index in [2.05, 4.69) is 37.7 Å². The highest BCUT2D eigenvalue weighted by Crippen LogP contribution is 2.32. The molecule has 0 aliphatic carbocycles. The average molecular weight is 380 g/mol. The van der Waals surface area contributed by atoms with Crippen LogP contribution in [0.15, 0.2) is 46.3 Å². The number of hydrogen-bond acceptors (Lipinski definition) is 8. The molecular weight excluding hydrogens is 364 g/mol. The minimum atomic E-state index is -0.209. The van der Waals surface area contributed by atoms with Crippen LogP contribution in [0.1, 0.15) is 21.5 Å². The van der Waals surface area contributed by atoms with E-state index in [-0.39, 0.29) is 11.9 Å². The van der Waals surface area contributed by atoms with Gasteiger partial charge < -0.3 is 15.1 Å². The van der Waals surface area contributed by atoms with E-state index < -0.39 is 0 Å². The first-order chi connectivity index (χ1) is 13.3. The number of fused-ring (bicyclic) bond motifs is 2. The van der Waals surface area contributed by atoms with Gasteiger partial charge in [-0.15, -0.1) is 0 Å². The minimum absolute atomic E-state index is 0.209. The molecule has 0 saturated carbocycles. The van der Waals surface area contributed by atoms with Crippen LogP contribution < -0.4 is 15.5 Å². The van der Waals surface area contributed by atoms with Gasteiger partial charge in [0, 0.05) is 18.4 Å². The van der Waals surface area contributed by atoms with Crippen LogP contribution in [0.3, 0.4) is 0 Å². The maximum Gasteiger partial charge on any atom is 0.305 e. The summed E-state index contributed by atoms with van der Waals surface area (Å²) >= 11 is 1.45. The van der Waals surface area contributed by atoms with Gasteiger partial charge in [0.2, 0.25) is 5.95 Å². The summed E-state index contributed by atoms with van der Waals surface area (Å²) in [5.74, 6) is 0.667. The summed E-state index contributed by atoms with van der Waals surface area (Å²) in [7, 11) is 0. The summed E-state index contributed by atoms with van der Waals surface area (Å²) in [5, 5.41) is 7.27. The summed E-state index contributed by atoms with van der Waals surface area (Å²) < 4.78 is 5.23. The first kappa shape index (κ1) is 16.3. The molecule has 27 heavy (non-hydrogen) atoms. The van der Waals surface area contributed by atoms with E-state index in [0.29, 0.717) is 22.4 Å². The van der Waals surface area contributed by atoms with E-state index >= 15 is 0 Å². The highest BCUT2D eigenvalue weighted by atomic mass is 32.2. The summed E-state index contributed by atoms with van der Waals surface area (Å²) in [6.45, 7) is 1.90. The molecule has 0 saturated heterocycles. The lowest BCUT2D eigenvalue weighted by atomic mass is 10.0. The van der Waals surface area contributed by atoms with E-state index in [1.54, 1.807) is 6.20 Å². The van der Waals surface area contributed by atoms with Crippen molar-refractivity contribution in [3.05, 3.63) is 53.5 Å². The summed E-state index contributed by atoms with van der Waals surface area (Å²) in [6, 6.07) is 6.57. The van der Waals surface area contributed by atoms with Crippen LogP contribution in [0.4, 0.5) is 17.7 Å². The molecule has 8 nitrogen and oxygen atoms in total. The molecule has 2 aromatic heterocycles. The van der Waals surface area contributed by atoms with Crippen LogP contribution in [0.2, 0.25) is 0 Å². The van der Waals surface area contributed by atoms with Gasteiger partial charge in [-0.1, -0.05) is 17.8 Å². The molecule has 4 heterocycles. The van der Waals surface area contributed by atoms with Crippen LogP contribution in [0.25, 0.3) is 0 Å². The number of carbonyl (C=O) groups is 1. The Hall–Kier alpha value is -2.91. The number of aromatic nitrogens is 3. The summed E-state index contributed by atoms with van der Waals surface area (Å²) in [4.78, 5) is 27.0. The highest BCUT2D eigenvalue weighted by Gasteiger charge is 2.30. The Morgan fingerprint density at radius 2 is 2.22 bits per heavy atom. The third kappa shape index (κ3) is 3.04. The second-order valence-corrected chi connectivity index (χ2v) is 7.20. The number of rotatable bonds is 3. The Labute approximate surface area is 159 Å². The van der Waals surface area contributed by atoms with Gasteiger partial charge in [0.05, 0.1) is 17.6 Å². The molecule has 0 fully saturated rings. The Kier molecular flexibility index (Phi) is 4.02. The SMILES string of the molecule is O=C1c2cnc(Nc3ccc4c(c3)CCNC4)nc2SCN1c1ncco1. The number of oxazole rings is 1. The van der Waals surface area contributed by atoms with Gasteiger partial charge in [0.25, 0.3) is 5.91 Å². The van der Waals surface area contributed by atoms with Crippen molar-refractivity contribution in [3.63, 3.8) is 0 Å². The van der Waals surface area contributed by atoms with Gasteiger partial charge in [-0.2, -0.15) is 0 Å². The van der Waals surface area contributed by atoms with Crippen molar-refractivity contribution in [2.45, 2.75) is 18.0 Å². The lowest BCUT2D eigenvalue weighted by molar-refractivity contribution is 0.0980. The molecule has 1 amide bonds. The zero-order valence-electron chi connectivity index (χ0n) is 14.3. The molecule has 5 rings (SSSR count). The minimum Gasteiger partial charge on any atom is -0.432 e. The van der Waals surface area contributed by atoms with Crippen LogP contribution in [-0.4, -0.2) is 33.3 Å². The van der Waals surface area contributed by atoms with Gasteiger partial charge in [0.15, 0.2) is 0 Å². The van der Waals surface area contributed by atoms with E-state index in [9.17, 15) is 4.79 Å². The van der Waals surface area contributed by atoms with Gasteiger partial charge in [-0.05, 0) is 36.2 Å². The quantitative estimate of drug-likeness (QED) is 0.670. The summed E-state index contributed by atoms with van der Waals surface area (Å²) in [5.41, 5.74) is 4.06. The molecule has 0 radical (unpaired) electrons. The first-order valence-electron chi connectivity index (χ1n) is 8.59. The van der Waals surface area contributed by atoms with Crippen molar-refractivity contribution < 1.29 is 9.21 Å². The zero-order chi connectivity index (χ0) is 18.2. The predicted octanol–water partition coefficient (Wildman–Crippen LogP) is 2.56. The number of thioether (sulfide) groups is 1. The van der Waals surface area contributed by atoms with Crippen LogP contribution in [0.5, 0.6) is 0 Å². The Morgan fingerprint density at radius 3 is 3.11 bits per heavy atom. The van der Waals surface area contributed by atoms with Gasteiger partial charge in [-0.25, -0.2) is 15.0 Å². The molecule has 136 valence electrons. The fourth-order valence-corrected chi connectivity index (χ4v) is 4.11. The Morgan fingerprint density at radius 1 is 1.26 bits per heavy atom. The number of nitrogens with zero attached hydrogens (tertiary/aromatic N) is 4. The van der Waals surface area contributed by atoms with E-state index in [1.165, 1.54) is 40.2 Å². The molecule has 2 N–H and O–H groups in total. The summed E-state index contributed by atoms with van der Waals surface area (Å²) in [6.07, 6.45) is 5.52. The molecule has 2 aliphatic heterocycles. The number of benzene rings is 1. The number of carbonyl (C=O) groups excluding carboxylic acids is 1. The molecular formula is C18H16N6O2S. The van der Waals surface area contributed by atoms with Crippen molar-refractivity contribution in [1.82, 2.24) is 20.3 Å². The highest BCUT2D eigenvalue weighted by molar-refractivity contribution is 7.99. The van der Waals surface area contributed by atoms with Crippen molar-refractivity contribution >= 4 is 35.3 Å². The van der Waals surface area contributed by atoms with Crippen molar-refractivity contribution in [2.24, 2.45) is 0 Å². The third-order valence-electron chi connectivity index (χ3n) is 4.56. The molecule has 2 aliphatic rings. The average Bonchev–Trinajstić information content (AvgIpc) is 3.23. The van der Waals surface area contributed by atoms with Gasteiger partial charge >= 0.3 is 6.01 Å². The topological polar surface area (TPSA) is 96.2 Å². The fraction of sp³-hybridized carbons (Fsp3) is 0.222. The molecule has 9 heteroatoms. The van der Waals surface area contributed by atoms with Crippen molar-refractivity contribution in [3.8, 4) is 0 Å². The number of hydrogen-bond donors (Lipinski definition) is 2. The van der Waals surface area contributed by atoms with Crippen LogP contribution in [-0.2, 0) is 13.0 Å². The predicted molar refractivity (Wildman–Crippen MR) is 101 cm³/mol. The molecule has 3 aromatic rings. The monoisotopic (exact) mass is 380 g/mol. The van der Waals surface area contributed by atoms with Crippen LogP contribution in [0, 0.1) is 0 Å². The van der Waals surface area contributed by atoms with Crippen LogP contribution >= 0.6 is 11.8 Å². The molecule has 1 aromatic carbocycles. The maximum atomic E-state index is 12.7. The fourth-order valence-electron chi connectivity index (χ4n) is 3.19. The van der Waals surface area contributed by atoms with E-state index in [4.69, 9.17) is 4.42 Å². The lowest BCUT2D eigenvalue weighted by Gasteiger charge is -2.24. The molecule has 0 atom stereocenters. The van der Waals surface area contributed by atoms with E-state index in [0.717, 1.165) is 25.2 Å². The second-order valence-electron chi connectivity index (χ2n) is 6.27. The van der Waals surface area contributed by atoms with E-state index in [1.807, 2.05) is 6.07 Å². The number of amides is 1. The van der Waals surface area contributed by atoms with Crippen molar-refractivity contribution in [2.75, 3.05) is 22.6 Å². The molecule has 0 bridgehead atoms. The Balaban J connectivity index is 1.38. The first-order valence-corrected chi connectivity index (χ1v) is 9.57. The standard InChI is InChI=1S/C18H16N6O2S/c25-16-14-9-21-17(22-13-2-1-12-8-19-4-3-11(12)7-13)23-15(14)27-10-24(16)18-20-5-6-26-18/h1-2,5-7,9,19H,3-4,8,10H2,(H,21,22,23). The molecule has 0 spiro atoms. The van der Waals surface area contributed by atoms with Gasteiger partial charge in [0.1, 0.15) is 11.3 Å². The normalized spacial score (nSPS) is 16.0. The Bertz CT molecular complexity index is 1010. The number of nitrogens with one attached hydrogen (secondary N) is 2. The smallest absolute Gasteiger partial charge is 0.305 e. The molecule has 0 unspecified atom stereocenters. The largest absolute Gasteiger partial charge is 0.432 e. The number of anilines is 3.